The average Bonchev–Trinajstić information content (AvgIpc) is 3.58. The van der Waals surface area contributed by atoms with Crippen molar-refractivity contribution in [3.63, 3.8) is 0 Å². The van der Waals surface area contributed by atoms with E-state index in [2.05, 4.69) is 28.5 Å². The zero-order valence-electron chi connectivity index (χ0n) is 15.8. The third kappa shape index (κ3) is 3.80. The van der Waals surface area contributed by atoms with Crippen LogP contribution in [0.2, 0.25) is 0 Å². The Labute approximate surface area is 160 Å². The summed E-state index contributed by atoms with van der Waals surface area (Å²) in [5.74, 6) is 1.30. The molecule has 1 aromatic heterocycles. The second kappa shape index (κ2) is 7.63. The van der Waals surface area contributed by atoms with Crippen molar-refractivity contribution in [1.82, 2.24) is 10.3 Å². The molecular weight excluding hydrogens is 336 g/mol. The molecule has 2 aromatic rings. The summed E-state index contributed by atoms with van der Waals surface area (Å²) < 4.78 is 0. The smallest absolute Gasteiger partial charge is 0.251 e. The van der Waals surface area contributed by atoms with E-state index in [1.165, 1.54) is 18.4 Å². The molecule has 0 atom stereocenters. The maximum absolute atomic E-state index is 13.0. The standard InChI is InChI=1S/C23H26N2O2/c1-24-23(27)19-12-6-16(7-13-19)15-4-10-18(11-5-15)22(26)21-20(17-8-9-17)3-2-14-25-21/h2-3,6-7,12-15,17-18H,4-5,8-11H2,1H3,(H,24,27). The third-order valence-electron chi connectivity index (χ3n) is 6.06. The fourth-order valence-corrected chi connectivity index (χ4v) is 4.28. The lowest BCUT2D eigenvalue weighted by Gasteiger charge is -2.28. The Morgan fingerprint density at radius 2 is 1.59 bits per heavy atom. The van der Waals surface area contributed by atoms with Gasteiger partial charge in [-0.2, -0.15) is 0 Å². The molecule has 0 spiro atoms. The summed E-state index contributed by atoms with van der Waals surface area (Å²) in [4.78, 5) is 29.2. The Morgan fingerprint density at radius 3 is 2.22 bits per heavy atom. The number of pyridine rings is 1. The zero-order chi connectivity index (χ0) is 18.8. The van der Waals surface area contributed by atoms with Gasteiger partial charge in [-0.3, -0.25) is 14.6 Å². The van der Waals surface area contributed by atoms with Gasteiger partial charge in [0.1, 0.15) is 5.69 Å². The van der Waals surface area contributed by atoms with Gasteiger partial charge in [0.25, 0.3) is 5.91 Å². The lowest BCUT2D eigenvalue weighted by molar-refractivity contribution is 0.0876. The highest BCUT2D eigenvalue weighted by Crippen LogP contribution is 2.43. The van der Waals surface area contributed by atoms with Gasteiger partial charge in [-0.25, -0.2) is 0 Å². The van der Waals surface area contributed by atoms with Crippen LogP contribution in [-0.2, 0) is 0 Å². The van der Waals surface area contributed by atoms with Gasteiger partial charge in [-0.15, -0.1) is 0 Å². The maximum Gasteiger partial charge on any atom is 0.251 e. The number of hydrogen-bond donors (Lipinski definition) is 1. The second-order valence-electron chi connectivity index (χ2n) is 7.83. The van der Waals surface area contributed by atoms with Crippen molar-refractivity contribution in [2.24, 2.45) is 5.92 Å². The molecule has 1 aromatic carbocycles. The van der Waals surface area contributed by atoms with E-state index in [-0.39, 0.29) is 17.6 Å². The number of amides is 1. The highest BCUT2D eigenvalue weighted by Gasteiger charge is 2.33. The van der Waals surface area contributed by atoms with Crippen LogP contribution >= 0.6 is 0 Å². The van der Waals surface area contributed by atoms with Crippen LogP contribution in [0.1, 0.15) is 82.3 Å². The molecule has 0 radical (unpaired) electrons. The summed E-state index contributed by atoms with van der Waals surface area (Å²) in [6.07, 6.45) is 7.99. The number of nitrogens with one attached hydrogen (secondary N) is 1. The van der Waals surface area contributed by atoms with Gasteiger partial charge < -0.3 is 5.32 Å². The van der Waals surface area contributed by atoms with Crippen molar-refractivity contribution in [3.8, 4) is 0 Å². The molecule has 2 aliphatic carbocycles. The Kier molecular flexibility index (Phi) is 5.06. The molecular formula is C23H26N2O2. The Hall–Kier alpha value is -2.49. The summed E-state index contributed by atoms with van der Waals surface area (Å²) >= 11 is 0. The average molecular weight is 362 g/mol. The minimum absolute atomic E-state index is 0.0577. The van der Waals surface area contributed by atoms with E-state index in [1.54, 1.807) is 13.2 Å². The summed E-state index contributed by atoms with van der Waals surface area (Å²) in [7, 11) is 1.64. The number of ketones is 1. The van der Waals surface area contributed by atoms with Gasteiger partial charge in [-0.1, -0.05) is 18.2 Å². The fourth-order valence-electron chi connectivity index (χ4n) is 4.28. The first-order chi connectivity index (χ1) is 13.2. The molecule has 1 amide bonds. The summed E-state index contributed by atoms with van der Waals surface area (Å²) in [6, 6.07) is 11.9. The van der Waals surface area contributed by atoms with E-state index in [0.29, 0.717) is 17.4 Å². The van der Waals surface area contributed by atoms with Crippen molar-refractivity contribution in [2.45, 2.75) is 50.4 Å². The fraction of sp³-hybridized carbons (Fsp3) is 0.435. The van der Waals surface area contributed by atoms with Gasteiger partial charge >= 0.3 is 0 Å². The predicted molar refractivity (Wildman–Crippen MR) is 105 cm³/mol. The molecule has 2 aliphatic rings. The van der Waals surface area contributed by atoms with Crippen molar-refractivity contribution in [3.05, 3.63) is 65.0 Å². The van der Waals surface area contributed by atoms with Crippen molar-refractivity contribution in [1.29, 1.82) is 0 Å². The largest absolute Gasteiger partial charge is 0.355 e. The second-order valence-corrected chi connectivity index (χ2v) is 7.83. The molecule has 2 fully saturated rings. The molecule has 0 saturated heterocycles. The first-order valence-electron chi connectivity index (χ1n) is 9.98. The van der Waals surface area contributed by atoms with Crippen LogP contribution in [0.3, 0.4) is 0 Å². The van der Waals surface area contributed by atoms with Gasteiger partial charge in [0.15, 0.2) is 5.78 Å². The van der Waals surface area contributed by atoms with E-state index in [1.807, 2.05) is 18.2 Å². The Bertz CT molecular complexity index is 832. The van der Waals surface area contributed by atoms with Crippen LogP contribution < -0.4 is 5.32 Å². The van der Waals surface area contributed by atoms with Gasteiger partial charge in [0.05, 0.1) is 0 Å². The van der Waals surface area contributed by atoms with Crippen LogP contribution in [0.25, 0.3) is 0 Å². The van der Waals surface area contributed by atoms with Crippen LogP contribution in [0.4, 0.5) is 0 Å². The van der Waals surface area contributed by atoms with E-state index in [0.717, 1.165) is 36.9 Å². The van der Waals surface area contributed by atoms with Gasteiger partial charge in [-0.05, 0) is 79.7 Å². The number of carbonyl (C=O) groups excluding carboxylic acids is 2. The first-order valence-corrected chi connectivity index (χ1v) is 9.98. The third-order valence-corrected chi connectivity index (χ3v) is 6.06. The SMILES string of the molecule is CNC(=O)c1ccc(C2CCC(C(=O)c3ncccc3C3CC3)CC2)cc1. The molecule has 0 unspecified atom stereocenters. The minimum atomic E-state index is -0.0577. The zero-order valence-corrected chi connectivity index (χ0v) is 15.8. The molecule has 2 saturated carbocycles. The quantitative estimate of drug-likeness (QED) is 0.798. The summed E-state index contributed by atoms with van der Waals surface area (Å²) in [6.45, 7) is 0. The number of benzene rings is 1. The number of nitrogens with zero attached hydrogens (tertiary/aromatic N) is 1. The first kappa shape index (κ1) is 17.9. The van der Waals surface area contributed by atoms with Crippen LogP contribution in [0.15, 0.2) is 42.6 Å². The molecule has 4 nitrogen and oxygen atoms in total. The topological polar surface area (TPSA) is 59.1 Å². The molecule has 4 heteroatoms. The lowest BCUT2D eigenvalue weighted by Crippen LogP contribution is -2.23. The molecule has 1 heterocycles. The normalized spacial score (nSPS) is 22.3. The molecule has 140 valence electrons. The Balaban J connectivity index is 1.40. The maximum atomic E-state index is 13.0. The highest BCUT2D eigenvalue weighted by atomic mass is 16.1. The summed E-state index contributed by atoms with van der Waals surface area (Å²) in [5, 5.41) is 2.65. The molecule has 1 N–H and O–H groups in total. The van der Waals surface area contributed by atoms with Crippen LogP contribution in [0, 0.1) is 5.92 Å². The van der Waals surface area contributed by atoms with E-state index in [9.17, 15) is 9.59 Å². The van der Waals surface area contributed by atoms with Crippen LogP contribution in [0.5, 0.6) is 0 Å². The van der Waals surface area contributed by atoms with Crippen molar-refractivity contribution >= 4 is 11.7 Å². The van der Waals surface area contributed by atoms with E-state index < -0.39 is 0 Å². The molecule has 0 aliphatic heterocycles. The number of rotatable bonds is 5. The number of Topliss-reactive ketones (excluding diaryl/α,β-unsaturated/α-hetero) is 1. The van der Waals surface area contributed by atoms with E-state index >= 15 is 0 Å². The van der Waals surface area contributed by atoms with Crippen molar-refractivity contribution < 1.29 is 9.59 Å². The summed E-state index contributed by atoms with van der Waals surface area (Å²) in [5.41, 5.74) is 3.84. The van der Waals surface area contributed by atoms with Crippen LogP contribution in [-0.4, -0.2) is 23.7 Å². The lowest BCUT2D eigenvalue weighted by atomic mass is 9.76. The Morgan fingerprint density at radius 1 is 0.926 bits per heavy atom. The number of carbonyl (C=O) groups is 2. The number of hydrogen-bond acceptors (Lipinski definition) is 3. The predicted octanol–water partition coefficient (Wildman–Crippen LogP) is 4.48. The van der Waals surface area contributed by atoms with Gasteiger partial charge in [0, 0.05) is 24.7 Å². The molecule has 0 bridgehead atoms. The van der Waals surface area contributed by atoms with Crippen molar-refractivity contribution in [2.75, 3.05) is 7.05 Å². The van der Waals surface area contributed by atoms with Gasteiger partial charge in [0.2, 0.25) is 0 Å². The molecule has 4 rings (SSSR count). The molecule has 27 heavy (non-hydrogen) atoms. The highest BCUT2D eigenvalue weighted by molar-refractivity contribution is 5.97. The van der Waals surface area contributed by atoms with E-state index in [4.69, 9.17) is 0 Å². The monoisotopic (exact) mass is 362 g/mol. The minimum Gasteiger partial charge on any atom is -0.355 e. The number of aromatic nitrogens is 1.